The smallest absolute Gasteiger partial charge is 0.325 e. The standard InChI is InChI=1S/C24H22F2N4O4S/c1-13-7-14-8-16(3-4-18(14)30(13)23(33)27-2)34-19-5-6-28-17-9-20(35-21(17)19)22(32)29-12-24(25,26)10-15(29)11-31/h3-9,15,31H,10-12H2,1-2H3,(H,27,33)/t15-/m0/s1. The van der Waals surface area contributed by atoms with Crippen LogP contribution in [0.2, 0.25) is 0 Å². The first-order chi connectivity index (χ1) is 16.7. The molecule has 0 unspecified atom stereocenters. The zero-order valence-corrected chi connectivity index (χ0v) is 19.7. The van der Waals surface area contributed by atoms with Crippen LogP contribution in [0.3, 0.4) is 0 Å². The molecule has 1 aromatic carbocycles. The normalized spacial score (nSPS) is 17.3. The number of aryl methyl sites for hydroxylation is 1. The van der Waals surface area contributed by atoms with E-state index in [0.717, 1.165) is 32.8 Å². The van der Waals surface area contributed by atoms with Gasteiger partial charge in [0.15, 0.2) is 0 Å². The zero-order chi connectivity index (χ0) is 24.9. The predicted molar refractivity (Wildman–Crippen MR) is 128 cm³/mol. The van der Waals surface area contributed by atoms with Crippen LogP contribution < -0.4 is 10.1 Å². The molecule has 2 N–H and O–H groups in total. The van der Waals surface area contributed by atoms with E-state index >= 15 is 0 Å². The fourth-order valence-corrected chi connectivity index (χ4v) is 5.47. The van der Waals surface area contributed by atoms with Crippen LogP contribution in [0, 0.1) is 6.92 Å². The number of rotatable bonds is 4. The number of benzene rings is 1. The molecule has 0 aliphatic carbocycles. The first-order valence-electron chi connectivity index (χ1n) is 10.9. The summed E-state index contributed by atoms with van der Waals surface area (Å²) in [5, 5.41) is 12.9. The van der Waals surface area contributed by atoms with Crippen molar-refractivity contribution in [2.24, 2.45) is 0 Å². The highest BCUT2D eigenvalue weighted by molar-refractivity contribution is 7.21. The molecule has 1 saturated heterocycles. The third kappa shape index (κ3) is 4.10. The highest BCUT2D eigenvalue weighted by Gasteiger charge is 2.47. The lowest BCUT2D eigenvalue weighted by molar-refractivity contribution is 0.0116. The zero-order valence-electron chi connectivity index (χ0n) is 18.9. The van der Waals surface area contributed by atoms with Crippen molar-refractivity contribution >= 4 is 44.4 Å². The van der Waals surface area contributed by atoms with Gasteiger partial charge in [-0.05, 0) is 37.3 Å². The van der Waals surface area contributed by atoms with Gasteiger partial charge >= 0.3 is 6.03 Å². The molecule has 0 radical (unpaired) electrons. The molecule has 1 aliphatic rings. The van der Waals surface area contributed by atoms with E-state index in [1.165, 1.54) is 0 Å². The van der Waals surface area contributed by atoms with Crippen LogP contribution >= 0.6 is 11.3 Å². The van der Waals surface area contributed by atoms with Crippen LogP contribution in [-0.4, -0.2) is 63.7 Å². The molecule has 1 aliphatic heterocycles. The van der Waals surface area contributed by atoms with Crippen molar-refractivity contribution in [3.05, 3.63) is 53.2 Å². The minimum Gasteiger partial charge on any atom is -0.456 e. The van der Waals surface area contributed by atoms with Gasteiger partial charge in [-0.1, -0.05) is 0 Å². The Labute approximate surface area is 202 Å². The lowest BCUT2D eigenvalue weighted by Gasteiger charge is -2.21. The van der Waals surface area contributed by atoms with Crippen LogP contribution in [0.4, 0.5) is 13.6 Å². The summed E-state index contributed by atoms with van der Waals surface area (Å²) in [6, 6.07) is 9.27. The monoisotopic (exact) mass is 500 g/mol. The first kappa shape index (κ1) is 23.2. The minimum absolute atomic E-state index is 0.239. The summed E-state index contributed by atoms with van der Waals surface area (Å²) in [5.41, 5.74) is 2.02. The lowest BCUT2D eigenvalue weighted by Crippen LogP contribution is -2.37. The average molecular weight is 501 g/mol. The van der Waals surface area contributed by atoms with Gasteiger partial charge in [0.25, 0.3) is 11.8 Å². The molecule has 4 aromatic rings. The molecule has 11 heteroatoms. The van der Waals surface area contributed by atoms with Gasteiger partial charge in [0.05, 0.1) is 39.8 Å². The van der Waals surface area contributed by atoms with E-state index in [-0.39, 0.29) is 10.9 Å². The van der Waals surface area contributed by atoms with Gasteiger partial charge in [-0.15, -0.1) is 11.3 Å². The van der Waals surface area contributed by atoms with Crippen molar-refractivity contribution in [3.8, 4) is 11.5 Å². The topological polar surface area (TPSA) is 96.7 Å². The number of aliphatic hydroxyl groups is 1. The largest absolute Gasteiger partial charge is 0.456 e. The Bertz CT molecular complexity index is 1460. The number of ether oxygens (including phenoxy) is 1. The maximum Gasteiger partial charge on any atom is 0.325 e. The molecular weight excluding hydrogens is 478 g/mol. The Balaban J connectivity index is 1.46. The van der Waals surface area contributed by atoms with Crippen molar-refractivity contribution in [2.45, 2.75) is 25.3 Å². The van der Waals surface area contributed by atoms with Gasteiger partial charge in [0.1, 0.15) is 11.5 Å². The predicted octanol–water partition coefficient (Wildman–Crippen LogP) is 4.38. The summed E-state index contributed by atoms with van der Waals surface area (Å²) >= 11 is 1.11. The van der Waals surface area contributed by atoms with Crippen LogP contribution in [0.1, 0.15) is 21.8 Å². The van der Waals surface area contributed by atoms with E-state index in [1.807, 2.05) is 19.1 Å². The first-order valence-corrected chi connectivity index (χ1v) is 11.7. The Morgan fingerprint density at radius 2 is 2.09 bits per heavy atom. The van der Waals surface area contributed by atoms with Crippen LogP contribution in [0.25, 0.3) is 21.1 Å². The highest BCUT2D eigenvalue weighted by atomic mass is 32.1. The van der Waals surface area contributed by atoms with Gasteiger partial charge in [0.2, 0.25) is 0 Å². The molecule has 3 aromatic heterocycles. The Hall–Kier alpha value is -3.57. The summed E-state index contributed by atoms with van der Waals surface area (Å²) < 4.78 is 36.0. The number of amides is 2. The molecule has 1 atom stereocenters. The van der Waals surface area contributed by atoms with Crippen molar-refractivity contribution in [1.29, 1.82) is 0 Å². The number of fused-ring (bicyclic) bond motifs is 2. The quantitative estimate of drug-likeness (QED) is 0.434. The molecule has 0 saturated carbocycles. The number of alkyl halides is 2. The fraction of sp³-hybridized carbons (Fsp3) is 0.292. The molecule has 4 heterocycles. The van der Waals surface area contributed by atoms with Gasteiger partial charge in [0, 0.05) is 36.8 Å². The van der Waals surface area contributed by atoms with Crippen LogP contribution in [0.15, 0.2) is 42.6 Å². The Morgan fingerprint density at radius 3 is 2.83 bits per heavy atom. The van der Waals surface area contributed by atoms with Gasteiger partial charge in [-0.2, -0.15) is 0 Å². The third-order valence-corrected chi connectivity index (χ3v) is 7.16. The molecule has 35 heavy (non-hydrogen) atoms. The Kier molecular flexibility index (Phi) is 5.68. The van der Waals surface area contributed by atoms with E-state index in [2.05, 4.69) is 10.3 Å². The van der Waals surface area contributed by atoms with Crippen molar-refractivity contribution in [2.75, 3.05) is 20.2 Å². The number of aliphatic hydroxyl groups excluding tert-OH is 1. The third-order valence-electron chi connectivity index (χ3n) is 6.04. The summed E-state index contributed by atoms with van der Waals surface area (Å²) in [4.78, 5) is 30.7. The average Bonchev–Trinajstić information content (AvgIpc) is 3.50. The van der Waals surface area contributed by atoms with Crippen LogP contribution in [0.5, 0.6) is 11.5 Å². The number of pyridine rings is 1. The molecule has 5 rings (SSSR count). The van der Waals surface area contributed by atoms with E-state index in [1.54, 1.807) is 42.1 Å². The number of carbonyl (C=O) groups is 2. The van der Waals surface area contributed by atoms with Gasteiger partial charge in [-0.3, -0.25) is 14.3 Å². The van der Waals surface area contributed by atoms with Crippen LogP contribution in [-0.2, 0) is 0 Å². The molecular formula is C24H22F2N4O4S. The molecule has 0 bridgehead atoms. The van der Waals surface area contributed by atoms with E-state index in [4.69, 9.17) is 4.74 Å². The summed E-state index contributed by atoms with van der Waals surface area (Å²) in [7, 11) is 1.57. The molecule has 0 spiro atoms. The highest BCUT2D eigenvalue weighted by Crippen LogP contribution is 2.38. The fourth-order valence-electron chi connectivity index (χ4n) is 4.44. The second kappa shape index (κ2) is 8.58. The summed E-state index contributed by atoms with van der Waals surface area (Å²) in [6.07, 6.45) is 0.986. The lowest BCUT2D eigenvalue weighted by atomic mass is 10.2. The SMILES string of the molecule is CNC(=O)n1c(C)cc2cc(Oc3ccnc4cc(C(=O)N5CC(F)(F)C[C@H]5CO)sc34)ccc21. The number of thiophene rings is 1. The van der Waals surface area contributed by atoms with Crippen molar-refractivity contribution in [3.63, 3.8) is 0 Å². The van der Waals surface area contributed by atoms with Crippen molar-refractivity contribution < 1.29 is 28.2 Å². The number of likely N-dealkylation sites (tertiary alicyclic amines) is 1. The van der Waals surface area contributed by atoms with E-state index in [0.29, 0.717) is 21.7 Å². The number of carbonyl (C=O) groups excluding carboxylic acids is 2. The molecule has 182 valence electrons. The minimum atomic E-state index is -3.03. The van der Waals surface area contributed by atoms with Crippen molar-refractivity contribution in [1.82, 2.24) is 19.8 Å². The number of hydrogen-bond donors (Lipinski definition) is 2. The molecule has 8 nitrogen and oxygen atoms in total. The Morgan fingerprint density at radius 1 is 1.29 bits per heavy atom. The number of hydrogen-bond acceptors (Lipinski definition) is 6. The van der Waals surface area contributed by atoms with Gasteiger partial charge in [-0.25, -0.2) is 13.6 Å². The maximum absolute atomic E-state index is 13.9. The van der Waals surface area contributed by atoms with E-state index in [9.17, 15) is 23.5 Å². The number of halogens is 2. The number of aromatic nitrogens is 2. The number of nitrogens with one attached hydrogen (secondary N) is 1. The van der Waals surface area contributed by atoms with Gasteiger partial charge < -0.3 is 20.1 Å². The molecule has 1 fully saturated rings. The number of nitrogens with zero attached hydrogens (tertiary/aromatic N) is 3. The second-order valence-corrected chi connectivity index (χ2v) is 9.51. The summed E-state index contributed by atoms with van der Waals surface area (Å²) in [6.45, 7) is 0.587. The maximum atomic E-state index is 13.9. The van der Waals surface area contributed by atoms with E-state index < -0.39 is 37.4 Å². The second-order valence-electron chi connectivity index (χ2n) is 8.46. The molecule has 2 amide bonds. The summed E-state index contributed by atoms with van der Waals surface area (Å²) in [5.74, 6) is -2.60.